The molecule has 4 heteroatoms. The Morgan fingerprint density at radius 1 is 1.12 bits per heavy atom. The number of ether oxygens (including phenoxy) is 1. The first-order valence-corrected chi connectivity index (χ1v) is 5.85. The zero-order valence-corrected chi connectivity index (χ0v) is 9.57. The van der Waals surface area contributed by atoms with Gasteiger partial charge in [0.1, 0.15) is 12.2 Å². The Balaban J connectivity index is 1.99. The molecule has 1 aromatic carbocycles. The number of aliphatic hydroxyl groups excluding tert-OH is 3. The maximum Gasteiger partial charge on any atom is 0.109 e. The smallest absolute Gasteiger partial charge is 0.109 e. The van der Waals surface area contributed by atoms with Crippen molar-refractivity contribution in [1.82, 2.24) is 0 Å². The van der Waals surface area contributed by atoms with E-state index in [4.69, 9.17) is 9.84 Å². The van der Waals surface area contributed by atoms with Crippen LogP contribution >= 0.6 is 0 Å². The van der Waals surface area contributed by atoms with E-state index < -0.39 is 18.3 Å². The Hall–Kier alpha value is -0.940. The van der Waals surface area contributed by atoms with Crippen LogP contribution in [0.3, 0.4) is 0 Å². The zero-order valence-electron chi connectivity index (χ0n) is 9.57. The molecule has 2 rings (SSSR count). The van der Waals surface area contributed by atoms with Gasteiger partial charge in [-0.1, -0.05) is 30.3 Å². The van der Waals surface area contributed by atoms with E-state index in [0.717, 1.165) is 5.56 Å². The van der Waals surface area contributed by atoms with E-state index in [9.17, 15) is 10.2 Å². The summed E-state index contributed by atoms with van der Waals surface area (Å²) in [6.07, 6.45) is -1.86. The lowest BCUT2D eigenvalue weighted by atomic mass is 9.87. The van der Waals surface area contributed by atoms with E-state index in [1.807, 2.05) is 30.3 Å². The summed E-state index contributed by atoms with van der Waals surface area (Å²) in [5, 5.41) is 28.7. The first-order valence-electron chi connectivity index (χ1n) is 5.85. The van der Waals surface area contributed by atoms with Crippen molar-refractivity contribution in [2.75, 3.05) is 13.2 Å². The van der Waals surface area contributed by atoms with Crippen LogP contribution in [0, 0.1) is 5.92 Å². The minimum atomic E-state index is -1.01. The van der Waals surface area contributed by atoms with Gasteiger partial charge >= 0.3 is 0 Å². The van der Waals surface area contributed by atoms with E-state index in [1.54, 1.807) is 0 Å². The summed E-state index contributed by atoms with van der Waals surface area (Å²) in [7, 11) is 0. The highest BCUT2D eigenvalue weighted by molar-refractivity contribution is 5.15. The van der Waals surface area contributed by atoms with Gasteiger partial charge in [-0.2, -0.15) is 0 Å². The molecule has 4 unspecified atom stereocenters. The van der Waals surface area contributed by atoms with Gasteiger partial charge in [0, 0.05) is 5.92 Å². The Labute approximate surface area is 100 Å². The molecule has 0 saturated carbocycles. The third-order valence-electron chi connectivity index (χ3n) is 3.26. The maximum atomic E-state index is 9.96. The maximum absolute atomic E-state index is 9.96. The van der Waals surface area contributed by atoms with E-state index >= 15 is 0 Å². The number of rotatable bonds is 3. The Morgan fingerprint density at radius 2 is 1.82 bits per heavy atom. The van der Waals surface area contributed by atoms with E-state index in [0.29, 0.717) is 13.0 Å². The first-order chi connectivity index (χ1) is 8.22. The lowest BCUT2D eigenvalue weighted by Crippen LogP contribution is -2.51. The summed E-state index contributed by atoms with van der Waals surface area (Å²) in [6, 6.07) is 9.79. The Morgan fingerprint density at radius 3 is 2.47 bits per heavy atom. The van der Waals surface area contributed by atoms with Gasteiger partial charge in [0.15, 0.2) is 0 Å². The largest absolute Gasteiger partial charge is 0.394 e. The number of hydrogen-bond acceptors (Lipinski definition) is 4. The predicted octanol–water partition coefficient (Wildman–Crippen LogP) is -0.0418. The first kappa shape index (κ1) is 12.5. The summed E-state index contributed by atoms with van der Waals surface area (Å²) in [5.41, 5.74) is 1.11. The lowest BCUT2D eigenvalue weighted by Gasteiger charge is -2.37. The molecule has 1 aliphatic rings. The van der Waals surface area contributed by atoms with Crippen molar-refractivity contribution in [3.05, 3.63) is 35.9 Å². The van der Waals surface area contributed by atoms with Gasteiger partial charge in [0.05, 0.1) is 19.3 Å². The standard InChI is InChI=1S/C13H18O4/c14-7-11-13(16)12(15)10(8-17-11)6-9-4-2-1-3-5-9/h1-5,10-16H,6-8H2. The second-order valence-electron chi connectivity index (χ2n) is 4.49. The molecular formula is C13H18O4. The molecule has 0 aliphatic carbocycles. The fourth-order valence-electron chi connectivity index (χ4n) is 2.20. The molecule has 0 spiro atoms. The van der Waals surface area contributed by atoms with Crippen molar-refractivity contribution < 1.29 is 20.1 Å². The van der Waals surface area contributed by atoms with Crippen molar-refractivity contribution in [2.45, 2.75) is 24.7 Å². The summed E-state index contributed by atoms with van der Waals surface area (Å²) >= 11 is 0. The highest BCUT2D eigenvalue weighted by atomic mass is 16.5. The van der Waals surface area contributed by atoms with Crippen molar-refractivity contribution in [3.8, 4) is 0 Å². The second kappa shape index (κ2) is 5.60. The number of hydrogen-bond donors (Lipinski definition) is 3. The average molecular weight is 238 g/mol. The van der Waals surface area contributed by atoms with Crippen LogP contribution in [0.1, 0.15) is 5.56 Å². The van der Waals surface area contributed by atoms with Crippen molar-refractivity contribution in [3.63, 3.8) is 0 Å². The van der Waals surface area contributed by atoms with Crippen molar-refractivity contribution >= 4 is 0 Å². The molecule has 94 valence electrons. The molecule has 0 bridgehead atoms. The zero-order chi connectivity index (χ0) is 12.3. The monoisotopic (exact) mass is 238 g/mol. The molecule has 1 fully saturated rings. The topological polar surface area (TPSA) is 69.9 Å². The van der Waals surface area contributed by atoms with Crippen LogP contribution in [0.25, 0.3) is 0 Å². The fourth-order valence-corrected chi connectivity index (χ4v) is 2.20. The lowest BCUT2D eigenvalue weighted by molar-refractivity contribution is -0.174. The summed E-state index contributed by atoms with van der Waals surface area (Å²) in [5.74, 6) is -0.129. The average Bonchev–Trinajstić information content (AvgIpc) is 2.37. The van der Waals surface area contributed by atoms with Gasteiger partial charge in [-0.05, 0) is 12.0 Å². The normalized spacial score (nSPS) is 33.6. The third-order valence-corrected chi connectivity index (χ3v) is 3.26. The highest BCUT2D eigenvalue weighted by Crippen LogP contribution is 2.23. The SMILES string of the molecule is OCC1OCC(Cc2ccccc2)C(O)C1O. The van der Waals surface area contributed by atoms with Crippen LogP contribution in [0.15, 0.2) is 30.3 Å². The summed E-state index contributed by atoms with van der Waals surface area (Å²) in [6.45, 7) is 0.0919. The summed E-state index contributed by atoms with van der Waals surface area (Å²) < 4.78 is 5.33. The molecule has 17 heavy (non-hydrogen) atoms. The second-order valence-corrected chi connectivity index (χ2v) is 4.49. The van der Waals surface area contributed by atoms with Gasteiger partial charge in [-0.15, -0.1) is 0 Å². The third kappa shape index (κ3) is 2.84. The van der Waals surface area contributed by atoms with Gasteiger partial charge in [-0.25, -0.2) is 0 Å². The molecular weight excluding hydrogens is 220 g/mol. The van der Waals surface area contributed by atoms with E-state index in [-0.39, 0.29) is 12.5 Å². The molecule has 0 aromatic heterocycles. The molecule has 0 radical (unpaired) electrons. The van der Waals surface area contributed by atoms with Crippen LogP contribution in [0.5, 0.6) is 0 Å². The Kier molecular flexibility index (Phi) is 4.12. The molecule has 1 saturated heterocycles. The van der Waals surface area contributed by atoms with Crippen LogP contribution in [-0.4, -0.2) is 46.8 Å². The van der Waals surface area contributed by atoms with Crippen LogP contribution in [0.4, 0.5) is 0 Å². The van der Waals surface area contributed by atoms with Crippen LogP contribution in [-0.2, 0) is 11.2 Å². The number of benzene rings is 1. The van der Waals surface area contributed by atoms with Gasteiger partial charge in [0.25, 0.3) is 0 Å². The van der Waals surface area contributed by atoms with Gasteiger partial charge in [0.2, 0.25) is 0 Å². The Bertz CT molecular complexity index is 341. The molecule has 1 aliphatic heterocycles. The quantitative estimate of drug-likeness (QED) is 0.691. The number of aliphatic hydroxyl groups is 3. The minimum absolute atomic E-state index is 0.129. The molecule has 4 atom stereocenters. The van der Waals surface area contributed by atoms with Crippen molar-refractivity contribution in [1.29, 1.82) is 0 Å². The van der Waals surface area contributed by atoms with Crippen LogP contribution < -0.4 is 0 Å². The summed E-state index contributed by atoms with van der Waals surface area (Å²) in [4.78, 5) is 0. The van der Waals surface area contributed by atoms with Crippen LogP contribution in [0.2, 0.25) is 0 Å². The molecule has 3 N–H and O–H groups in total. The molecule has 1 heterocycles. The van der Waals surface area contributed by atoms with Crippen molar-refractivity contribution in [2.24, 2.45) is 5.92 Å². The molecule has 4 nitrogen and oxygen atoms in total. The van der Waals surface area contributed by atoms with E-state index in [1.165, 1.54) is 0 Å². The molecule has 1 aromatic rings. The fraction of sp³-hybridized carbons (Fsp3) is 0.538. The minimum Gasteiger partial charge on any atom is -0.394 e. The van der Waals surface area contributed by atoms with Gasteiger partial charge < -0.3 is 20.1 Å². The van der Waals surface area contributed by atoms with Gasteiger partial charge in [-0.3, -0.25) is 0 Å². The molecule has 0 amide bonds. The predicted molar refractivity (Wildman–Crippen MR) is 62.5 cm³/mol. The van der Waals surface area contributed by atoms with E-state index in [2.05, 4.69) is 0 Å². The highest BCUT2D eigenvalue weighted by Gasteiger charge is 2.37.